The Balaban J connectivity index is 1.80. The molecule has 0 fully saturated rings. The molecule has 20 heavy (non-hydrogen) atoms. The van der Waals surface area contributed by atoms with Crippen LogP contribution in [-0.4, -0.2) is 10.1 Å². The lowest BCUT2D eigenvalue weighted by atomic mass is 10.1. The molecule has 2 N–H and O–H groups in total. The summed E-state index contributed by atoms with van der Waals surface area (Å²) in [5, 5.41) is 4.69. The highest BCUT2D eigenvalue weighted by Gasteiger charge is 2.09. The van der Waals surface area contributed by atoms with Crippen molar-refractivity contribution < 1.29 is 4.52 Å². The summed E-state index contributed by atoms with van der Waals surface area (Å²) in [4.78, 5) is 4.38. The summed E-state index contributed by atoms with van der Waals surface area (Å²) in [6, 6.07) is 14.9. The molecule has 0 spiro atoms. The van der Waals surface area contributed by atoms with Crippen molar-refractivity contribution in [3.8, 4) is 11.4 Å². The predicted molar refractivity (Wildman–Crippen MR) is 78.4 cm³/mol. The highest BCUT2D eigenvalue weighted by Crippen LogP contribution is 2.19. The van der Waals surface area contributed by atoms with Crippen molar-refractivity contribution >= 4 is 17.3 Å². The molecule has 0 aliphatic carbocycles. The first-order chi connectivity index (χ1) is 9.70. The normalized spacial score (nSPS) is 10.7. The van der Waals surface area contributed by atoms with Crippen LogP contribution in [-0.2, 0) is 6.42 Å². The average Bonchev–Trinajstić information content (AvgIpc) is 2.91. The Morgan fingerprint density at radius 1 is 1.00 bits per heavy atom. The van der Waals surface area contributed by atoms with Gasteiger partial charge >= 0.3 is 0 Å². The third-order valence-electron chi connectivity index (χ3n) is 2.91. The van der Waals surface area contributed by atoms with E-state index in [9.17, 15) is 0 Å². The van der Waals surface area contributed by atoms with Crippen LogP contribution in [0.2, 0.25) is 5.02 Å². The standard InChI is InChI=1S/C15H12ClN3O/c16-12-5-1-10(2-6-12)9-14-18-15(19-20-14)11-3-7-13(17)8-4-11/h1-8H,9,17H2. The summed E-state index contributed by atoms with van der Waals surface area (Å²) in [5.41, 5.74) is 8.31. The van der Waals surface area contributed by atoms with E-state index < -0.39 is 0 Å². The molecule has 0 amide bonds. The summed E-state index contributed by atoms with van der Waals surface area (Å²) < 4.78 is 5.26. The van der Waals surface area contributed by atoms with Gasteiger partial charge in [-0.3, -0.25) is 0 Å². The quantitative estimate of drug-likeness (QED) is 0.747. The number of nitrogens with zero attached hydrogens (tertiary/aromatic N) is 2. The van der Waals surface area contributed by atoms with Gasteiger partial charge in [-0.15, -0.1) is 0 Å². The Morgan fingerprint density at radius 2 is 1.70 bits per heavy atom. The number of benzene rings is 2. The largest absolute Gasteiger partial charge is 0.399 e. The molecule has 0 aliphatic rings. The van der Waals surface area contributed by atoms with Gasteiger partial charge in [-0.2, -0.15) is 4.98 Å². The van der Waals surface area contributed by atoms with Gasteiger partial charge in [0, 0.05) is 16.3 Å². The van der Waals surface area contributed by atoms with Crippen molar-refractivity contribution in [2.45, 2.75) is 6.42 Å². The number of halogens is 1. The molecule has 0 atom stereocenters. The second-order valence-corrected chi connectivity index (χ2v) is 4.87. The molecule has 100 valence electrons. The van der Waals surface area contributed by atoms with Crippen LogP contribution >= 0.6 is 11.6 Å². The topological polar surface area (TPSA) is 64.9 Å². The fraction of sp³-hybridized carbons (Fsp3) is 0.0667. The number of aromatic nitrogens is 2. The van der Waals surface area contributed by atoms with Gasteiger partial charge in [0.1, 0.15) is 0 Å². The van der Waals surface area contributed by atoms with Gasteiger partial charge in [0.2, 0.25) is 11.7 Å². The van der Waals surface area contributed by atoms with Gasteiger partial charge < -0.3 is 10.3 Å². The van der Waals surface area contributed by atoms with E-state index in [1.807, 2.05) is 48.5 Å². The molecule has 2 aromatic carbocycles. The Bertz CT molecular complexity index is 705. The highest BCUT2D eigenvalue weighted by molar-refractivity contribution is 6.30. The van der Waals surface area contributed by atoms with E-state index in [2.05, 4.69) is 10.1 Å². The highest BCUT2D eigenvalue weighted by atomic mass is 35.5. The van der Waals surface area contributed by atoms with Gasteiger partial charge in [0.05, 0.1) is 6.42 Å². The smallest absolute Gasteiger partial charge is 0.231 e. The van der Waals surface area contributed by atoms with E-state index in [-0.39, 0.29) is 0 Å². The van der Waals surface area contributed by atoms with Crippen molar-refractivity contribution in [1.29, 1.82) is 0 Å². The lowest BCUT2D eigenvalue weighted by Gasteiger charge is -1.96. The minimum Gasteiger partial charge on any atom is -0.399 e. The first kappa shape index (κ1) is 12.7. The van der Waals surface area contributed by atoms with Crippen molar-refractivity contribution in [3.63, 3.8) is 0 Å². The monoisotopic (exact) mass is 285 g/mol. The summed E-state index contributed by atoms with van der Waals surface area (Å²) >= 11 is 5.85. The van der Waals surface area contributed by atoms with Crippen LogP contribution in [0, 0.1) is 0 Å². The molecule has 0 saturated heterocycles. The Labute approximate surface area is 121 Å². The molecular weight excluding hydrogens is 274 g/mol. The average molecular weight is 286 g/mol. The van der Waals surface area contributed by atoms with E-state index in [4.69, 9.17) is 21.9 Å². The van der Waals surface area contributed by atoms with Crippen LogP contribution in [0.15, 0.2) is 53.1 Å². The minimum atomic E-state index is 0.564. The number of nitrogen functional groups attached to an aromatic ring is 1. The van der Waals surface area contributed by atoms with Gasteiger partial charge in [0.25, 0.3) is 0 Å². The maximum Gasteiger partial charge on any atom is 0.231 e. The molecule has 1 heterocycles. The fourth-order valence-corrected chi connectivity index (χ4v) is 1.98. The van der Waals surface area contributed by atoms with Gasteiger partial charge in [-0.1, -0.05) is 28.9 Å². The number of anilines is 1. The number of nitrogens with two attached hydrogens (primary N) is 1. The van der Waals surface area contributed by atoms with Crippen LogP contribution in [0.1, 0.15) is 11.5 Å². The number of hydrogen-bond acceptors (Lipinski definition) is 4. The number of hydrogen-bond donors (Lipinski definition) is 1. The molecule has 0 bridgehead atoms. The zero-order valence-electron chi connectivity index (χ0n) is 10.6. The molecule has 0 unspecified atom stereocenters. The first-order valence-electron chi connectivity index (χ1n) is 6.14. The zero-order chi connectivity index (χ0) is 13.9. The van der Waals surface area contributed by atoms with E-state index in [1.54, 1.807) is 0 Å². The van der Waals surface area contributed by atoms with Crippen molar-refractivity contribution in [2.24, 2.45) is 0 Å². The molecule has 3 rings (SSSR count). The molecular formula is C15H12ClN3O. The predicted octanol–water partition coefficient (Wildman–Crippen LogP) is 3.56. The van der Waals surface area contributed by atoms with Crippen molar-refractivity contribution in [3.05, 3.63) is 65.0 Å². The second-order valence-electron chi connectivity index (χ2n) is 4.44. The van der Waals surface area contributed by atoms with E-state index in [0.717, 1.165) is 11.1 Å². The van der Waals surface area contributed by atoms with Crippen LogP contribution in [0.4, 0.5) is 5.69 Å². The first-order valence-corrected chi connectivity index (χ1v) is 6.51. The lowest BCUT2D eigenvalue weighted by molar-refractivity contribution is 0.385. The Kier molecular flexibility index (Phi) is 3.39. The lowest BCUT2D eigenvalue weighted by Crippen LogP contribution is -1.88. The SMILES string of the molecule is Nc1ccc(-c2noc(Cc3ccc(Cl)cc3)n2)cc1. The summed E-state index contributed by atoms with van der Waals surface area (Å²) in [5.74, 6) is 1.13. The van der Waals surface area contributed by atoms with E-state index >= 15 is 0 Å². The third kappa shape index (κ3) is 2.81. The Hall–Kier alpha value is -2.33. The minimum absolute atomic E-state index is 0.564. The molecule has 1 aromatic heterocycles. The van der Waals surface area contributed by atoms with Gasteiger partial charge in [-0.05, 0) is 42.0 Å². The molecule has 5 heteroatoms. The third-order valence-corrected chi connectivity index (χ3v) is 3.16. The van der Waals surface area contributed by atoms with Crippen molar-refractivity contribution in [2.75, 3.05) is 5.73 Å². The molecule has 0 aliphatic heterocycles. The molecule has 4 nitrogen and oxygen atoms in total. The van der Waals surface area contributed by atoms with Crippen molar-refractivity contribution in [1.82, 2.24) is 10.1 Å². The number of rotatable bonds is 3. The van der Waals surface area contributed by atoms with Crippen LogP contribution < -0.4 is 5.73 Å². The molecule has 3 aromatic rings. The summed E-state index contributed by atoms with van der Waals surface area (Å²) in [7, 11) is 0. The maximum atomic E-state index is 5.85. The maximum absolute atomic E-state index is 5.85. The molecule has 0 radical (unpaired) electrons. The van der Waals surface area contributed by atoms with Crippen LogP contribution in [0.25, 0.3) is 11.4 Å². The Morgan fingerprint density at radius 3 is 2.40 bits per heavy atom. The van der Waals surface area contributed by atoms with Gasteiger partial charge in [0.15, 0.2) is 0 Å². The molecule has 0 saturated carbocycles. The zero-order valence-corrected chi connectivity index (χ0v) is 11.3. The van der Waals surface area contributed by atoms with Crippen LogP contribution in [0.5, 0.6) is 0 Å². The van der Waals surface area contributed by atoms with Gasteiger partial charge in [-0.25, -0.2) is 0 Å². The summed E-state index contributed by atoms with van der Waals surface area (Å²) in [6.45, 7) is 0. The van der Waals surface area contributed by atoms with Crippen LogP contribution in [0.3, 0.4) is 0 Å². The second kappa shape index (κ2) is 5.35. The fourth-order valence-electron chi connectivity index (χ4n) is 1.85. The van der Waals surface area contributed by atoms with E-state index in [1.165, 1.54) is 0 Å². The summed E-state index contributed by atoms with van der Waals surface area (Å²) in [6.07, 6.45) is 0.582. The van der Waals surface area contributed by atoms with E-state index in [0.29, 0.717) is 28.8 Å².